The van der Waals surface area contributed by atoms with Crippen LogP contribution in [0.1, 0.15) is 50.7 Å². The molecule has 1 aromatic rings. The molecule has 0 amide bonds. The van der Waals surface area contributed by atoms with Gasteiger partial charge in [0.2, 0.25) is 0 Å². The van der Waals surface area contributed by atoms with Gasteiger partial charge in [-0.25, -0.2) is 0 Å². The van der Waals surface area contributed by atoms with Gasteiger partial charge in [-0.15, -0.1) is 0 Å². The Bertz CT molecular complexity index is 563. The zero-order chi connectivity index (χ0) is 19.2. The van der Waals surface area contributed by atoms with Gasteiger partial charge in [-0.1, -0.05) is 12.1 Å². The van der Waals surface area contributed by atoms with E-state index in [0.29, 0.717) is 31.8 Å². The number of aliphatic carboxylic acids is 1. The third-order valence-corrected chi connectivity index (χ3v) is 4.78. The highest BCUT2D eigenvalue weighted by atomic mass is 19.4. The molecular formula is C19H25F3O4. The lowest BCUT2D eigenvalue weighted by Crippen LogP contribution is -2.29. The van der Waals surface area contributed by atoms with Gasteiger partial charge in [0.05, 0.1) is 25.0 Å². The van der Waals surface area contributed by atoms with Crippen LogP contribution >= 0.6 is 0 Å². The summed E-state index contributed by atoms with van der Waals surface area (Å²) in [4.78, 5) is 10.9. The van der Waals surface area contributed by atoms with Gasteiger partial charge < -0.3 is 14.6 Å². The Morgan fingerprint density at radius 2 is 1.81 bits per heavy atom. The number of benzene rings is 1. The van der Waals surface area contributed by atoms with Crippen molar-refractivity contribution in [3.63, 3.8) is 0 Å². The summed E-state index contributed by atoms with van der Waals surface area (Å²) in [5.41, 5.74) is 0.757. The third kappa shape index (κ3) is 6.20. The van der Waals surface area contributed by atoms with Gasteiger partial charge >= 0.3 is 12.1 Å². The summed E-state index contributed by atoms with van der Waals surface area (Å²) in [5.74, 6) is -1.35. The zero-order valence-corrected chi connectivity index (χ0v) is 14.8. The van der Waals surface area contributed by atoms with Crippen molar-refractivity contribution in [1.82, 2.24) is 0 Å². The van der Waals surface area contributed by atoms with Crippen LogP contribution in [0.2, 0.25) is 0 Å². The molecule has 0 saturated heterocycles. The monoisotopic (exact) mass is 374 g/mol. The minimum absolute atomic E-state index is 0.115. The zero-order valence-electron chi connectivity index (χ0n) is 14.8. The van der Waals surface area contributed by atoms with E-state index < -0.39 is 24.2 Å². The number of carboxylic acids is 1. The maximum atomic E-state index is 12.7. The van der Waals surface area contributed by atoms with Crippen LogP contribution in [-0.2, 0) is 9.53 Å². The summed E-state index contributed by atoms with van der Waals surface area (Å²) in [6, 6.07) is 7.01. The van der Waals surface area contributed by atoms with E-state index >= 15 is 0 Å². The number of hydrogen-bond donors (Lipinski definition) is 1. The van der Waals surface area contributed by atoms with Crippen molar-refractivity contribution in [2.45, 2.75) is 51.3 Å². The quantitative estimate of drug-likeness (QED) is 0.697. The van der Waals surface area contributed by atoms with Crippen molar-refractivity contribution < 1.29 is 32.5 Å². The molecule has 0 spiro atoms. The summed E-state index contributed by atoms with van der Waals surface area (Å²) in [7, 11) is 0. The maximum Gasteiger partial charge on any atom is 0.391 e. The maximum absolute atomic E-state index is 12.7. The minimum atomic E-state index is -4.09. The van der Waals surface area contributed by atoms with Crippen molar-refractivity contribution in [2.24, 2.45) is 11.8 Å². The average molecular weight is 374 g/mol. The van der Waals surface area contributed by atoms with Gasteiger partial charge in [-0.2, -0.15) is 13.2 Å². The van der Waals surface area contributed by atoms with Crippen LogP contribution in [0.15, 0.2) is 24.3 Å². The number of rotatable bonds is 8. The standard InChI is InChI=1S/C19H25F3O4/c1-2-25-17(11-18(23)24)14-5-9-16(10-6-14)26-12-13-3-7-15(8-4-13)19(20,21)22/h5-6,9-10,13,15,17H,2-4,7-8,11-12H2,1H3,(H,23,24)/t13-,15-,17-/m0/s1. The summed E-state index contributed by atoms with van der Waals surface area (Å²) in [5, 5.41) is 8.95. The minimum Gasteiger partial charge on any atom is -0.493 e. The van der Waals surface area contributed by atoms with E-state index in [1.165, 1.54) is 0 Å². The number of alkyl halides is 3. The second kappa shape index (κ2) is 9.26. The summed E-state index contributed by atoms with van der Waals surface area (Å²) in [6.45, 7) is 2.62. The van der Waals surface area contributed by atoms with E-state index in [9.17, 15) is 18.0 Å². The van der Waals surface area contributed by atoms with Crippen LogP contribution in [0.3, 0.4) is 0 Å². The van der Waals surface area contributed by atoms with Crippen LogP contribution in [0, 0.1) is 11.8 Å². The first-order valence-corrected chi connectivity index (χ1v) is 8.92. The lowest BCUT2D eigenvalue weighted by atomic mass is 9.82. The Kier molecular flexibility index (Phi) is 7.32. The molecule has 2 rings (SSSR count). The fraction of sp³-hybridized carbons (Fsp3) is 0.632. The average Bonchev–Trinajstić information content (AvgIpc) is 2.59. The summed E-state index contributed by atoms with van der Waals surface area (Å²) in [6.07, 6.45) is -3.33. The molecule has 1 fully saturated rings. The lowest BCUT2D eigenvalue weighted by molar-refractivity contribution is -0.184. The first-order chi connectivity index (χ1) is 12.3. The summed E-state index contributed by atoms with van der Waals surface area (Å²) < 4.78 is 49.2. The fourth-order valence-electron chi connectivity index (χ4n) is 3.28. The second-order valence-electron chi connectivity index (χ2n) is 6.68. The topological polar surface area (TPSA) is 55.8 Å². The van der Waals surface area contributed by atoms with Gasteiger partial charge in [-0.3, -0.25) is 4.79 Å². The molecule has 0 aliphatic heterocycles. The Balaban J connectivity index is 1.83. The highest BCUT2D eigenvalue weighted by molar-refractivity contribution is 5.67. The molecule has 0 unspecified atom stereocenters. The SMILES string of the molecule is CCO[C@@H](CC(=O)O)c1ccc(OC[C@H]2CC[C@H](C(F)(F)F)CC2)cc1. The number of carbonyl (C=O) groups is 1. The van der Waals surface area contributed by atoms with Gasteiger partial charge in [0.15, 0.2) is 0 Å². The molecule has 26 heavy (non-hydrogen) atoms. The normalized spacial score (nSPS) is 22.0. The Labute approximate surface area is 151 Å². The molecule has 1 aliphatic rings. The van der Waals surface area contributed by atoms with E-state index in [4.69, 9.17) is 14.6 Å². The molecule has 1 N–H and O–H groups in total. The molecule has 1 aromatic carbocycles. The van der Waals surface area contributed by atoms with Crippen LogP contribution in [0.25, 0.3) is 0 Å². The molecule has 0 heterocycles. The lowest BCUT2D eigenvalue weighted by Gasteiger charge is -2.29. The van der Waals surface area contributed by atoms with Crippen molar-refractivity contribution in [3.05, 3.63) is 29.8 Å². The van der Waals surface area contributed by atoms with E-state index in [2.05, 4.69) is 0 Å². The van der Waals surface area contributed by atoms with Gasteiger partial charge in [-0.05, 0) is 56.2 Å². The summed E-state index contributed by atoms with van der Waals surface area (Å²) >= 11 is 0. The van der Waals surface area contributed by atoms with Crippen LogP contribution in [0.4, 0.5) is 13.2 Å². The molecule has 1 atom stereocenters. The fourth-order valence-corrected chi connectivity index (χ4v) is 3.28. The predicted molar refractivity (Wildman–Crippen MR) is 90.1 cm³/mol. The second-order valence-corrected chi connectivity index (χ2v) is 6.68. The largest absolute Gasteiger partial charge is 0.493 e. The van der Waals surface area contributed by atoms with Crippen molar-refractivity contribution in [3.8, 4) is 5.75 Å². The van der Waals surface area contributed by atoms with Crippen LogP contribution in [0.5, 0.6) is 5.75 Å². The highest BCUT2D eigenvalue weighted by Gasteiger charge is 2.41. The van der Waals surface area contributed by atoms with E-state index in [1.807, 2.05) is 0 Å². The Hall–Kier alpha value is -1.76. The number of carboxylic acid groups (broad SMARTS) is 1. The molecule has 146 valence electrons. The van der Waals surface area contributed by atoms with Crippen molar-refractivity contribution in [2.75, 3.05) is 13.2 Å². The Morgan fingerprint density at radius 1 is 1.19 bits per heavy atom. The first-order valence-electron chi connectivity index (χ1n) is 8.92. The Morgan fingerprint density at radius 3 is 2.31 bits per heavy atom. The highest BCUT2D eigenvalue weighted by Crippen LogP contribution is 2.39. The molecule has 0 radical (unpaired) electrons. The smallest absolute Gasteiger partial charge is 0.391 e. The molecule has 1 saturated carbocycles. The van der Waals surface area contributed by atoms with Crippen LogP contribution in [-0.4, -0.2) is 30.5 Å². The predicted octanol–water partition coefficient (Wildman–Crippen LogP) is 4.99. The molecule has 0 aromatic heterocycles. The molecule has 0 bridgehead atoms. The number of halogens is 3. The van der Waals surface area contributed by atoms with Gasteiger partial charge in [0.25, 0.3) is 0 Å². The first kappa shape index (κ1) is 20.6. The number of ether oxygens (including phenoxy) is 2. The molecule has 7 heteroatoms. The van der Waals surface area contributed by atoms with E-state index in [1.54, 1.807) is 31.2 Å². The van der Waals surface area contributed by atoms with Crippen molar-refractivity contribution >= 4 is 5.97 Å². The molecular weight excluding hydrogens is 349 g/mol. The van der Waals surface area contributed by atoms with Gasteiger partial charge in [0, 0.05) is 6.61 Å². The van der Waals surface area contributed by atoms with Crippen LogP contribution < -0.4 is 4.74 Å². The molecule has 1 aliphatic carbocycles. The van der Waals surface area contributed by atoms with Crippen molar-refractivity contribution in [1.29, 1.82) is 0 Å². The van der Waals surface area contributed by atoms with E-state index in [-0.39, 0.29) is 25.2 Å². The van der Waals surface area contributed by atoms with Gasteiger partial charge in [0.1, 0.15) is 5.75 Å². The van der Waals surface area contributed by atoms with E-state index in [0.717, 1.165) is 5.56 Å². The third-order valence-electron chi connectivity index (χ3n) is 4.78. The molecule has 4 nitrogen and oxygen atoms in total. The number of hydrogen-bond acceptors (Lipinski definition) is 3.